The summed E-state index contributed by atoms with van der Waals surface area (Å²) >= 11 is 0. The Labute approximate surface area is 121 Å². The molecule has 1 aromatic heterocycles. The summed E-state index contributed by atoms with van der Waals surface area (Å²) < 4.78 is 2.08. The zero-order chi connectivity index (χ0) is 13.7. The zero-order valence-electron chi connectivity index (χ0n) is 12.5. The Balaban J connectivity index is 1.45. The van der Waals surface area contributed by atoms with Crippen LogP contribution in [0.2, 0.25) is 0 Å². The van der Waals surface area contributed by atoms with Gasteiger partial charge in [-0.3, -0.25) is 0 Å². The quantitative estimate of drug-likeness (QED) is 0.916. The van der Waals surface area contributed by atoms with Crippen molar-refractivity contribution in [2.75, 3.05) is 0 Å². The first-order valence-corrected chi connectivity index (χ1v) is 8.29. The first-order chi connectivity index (χ1) is 9.64. The lowest BCUT2D eigenvalue weighted by Gasteiger charge is -2.58. The third-order valence-electron chi connectivity index (χ3n) is 6.35. The van der Waals surface area contributed by atoms with Crippen LogP contribution in [0.15, 0.2) is 12.4 Å². The summed E-state index contributed by atoms with van der Waals surface area (Å²) in [6.45, 7) is 0. The number of hydrogen-bond acceptors (Lipinski definition) is 2. The third-order valence-corrected chi connectivity index (χ3v) is 6.35. The van der Waals surface area contributed by atoms with E-state index in [1.165, 1.54) is 38.5 Å². The molecule has 4 fully saturated rings. The molecule has 4 bridgehead atoms. The SMILES string of the molecule is Cn1ccnc1CCC(O)C12CC3CC(CC(C3)C1)C2. The Morgan fingerprint density at radius 2 is 1.85 bits per heavy atom. The molecule has 110 valence electrons. The lowest BCUT2D eigenvalue weighted by Crippen LogP contribution is -2.51. The van der Waals surface area contributed by atoms with Gasteiger partial charge in [0.05, 0.1) is 6.10 Å². The number of hydrogen-bond donors (Lipinski definition) is 1. The van der Waals surface area contributed by atoms with Gasteiger partial charge in [-0.2, -0.15) is 0 Å². The van der Waals surface area contributed by atoms with Gasteiger partial charge >= 0.3 is 0 Å². The van der Waals surface area contributed by atoms with Crippen LogP contribution in [0.3, 0.4) is 0 Å². The fraction of sp³-hybridized carbons (Fsp3) is 0.824. The normalized spacial score (nSPS) is 40.2. The minimum atomic E-state index is -0.118. The van der Waals surface area contributed by atoms with Gasteiger partial charge in [0.25, 0.3) is 0 Å². The van der Waals surface area contributed by atoms with E-state index in [-0.39, 0.29) is 11.5 Å². The van der Waals surface area contributed by atoms with Crippen LogP contribution in [0.1, 0.15) is 50.8 Å². The van der Waals surface area contributed by atoms with Gasteiger partial charge in [0.15, 0.2) is 0 Å². The van der Waals surface area contributed by atoms with Crippen LogP contribution in [0.5, 0.6) is 0 Å². The van der Waals surface area contributed by atoms with Gasteiger partial charge < -0.3 is 9.67 Å². The molecule has 1 N–H and O–H groups in total. The summed E-state index contributed by atoms with van der Waals surface area (Å²) in [6, 6.07) is 0. The van der Waals surface area contributed by atoms with E-state index in [4.69, 9.17) is 0 Å². The molecule has 4 saturated carbocycles. The van der Waals surface area contributed by atoms with Crippen LogP contribution >= 0.6 is 0 Å². The van der Waals surface area contributed by atoms with Crippen molar-refractivity contribution in [2.24, 2.45) is 30.2 Å². The maximum atomic E-state index is 10.9. The molecule has 0 amide bonds. The largest absolute Gasteiger partial charge is 0.393 e. The molecule has 3 nitrogen and oxygen atoms in total. The number of aliphatic hydroxyl groups excluding tert-OH is 1. The predicted octanol–water partition coefficient (Wildman–Crippen LogP) is 2.93. The second-order valence-corrected chi connectivity index (χ2v) is 7.79. The van der Waals surface area contributed by atoms with Crippen molar-refractivity contribution < 1.29 is 5.11 Å². The van der Waals surface area contributed by atoms with Crippen molar-refractivity contribution >= 4 is 0 Å². The van der Waals surface area contributed by atoms with Crippen molar-refractivity contribution in [1.29, 1.82) is 0 Å². The van der Waals surface area contributed by atoms with E-state index >= 15 is 0 Å². The van der Waals surface area contributed by atoms with Gasteiger partial charge in [-0.25, -0.2) is 4.98 Å². The Bertz CT molecular complexity index is 458. The van der Waals surface area contributed by atoms with Gasteiger partial charge in [0.1, 0.15) is 5.82 Å². The molecule has 0 spiro atoms. The van der Waals surface area contributed by atoms with Gasteiger partial charge in [0.2, 0.25) is 0 Å². The molecule has 1 aromatic rings. The molecule has 3 heteroatoms. The van der Waals surface area contributed by atoms with Crippen LogP contribution in [0.4, 0.5) is 0 Å². The van der Waals surface area contributed by atoms with Crippen LogP contribution in [-0.4, -0.2) is 20.8 Å². The van der Waals surface area contributed by atoms with E-state index in [1.807, 2.05) is 19.4 Å². The Morgan fingerprint density at radius 3 is 2.35 bits per heavy atom. The lowest BCUT2D eigenvalue weighted by molar-refractivity contribution is -0.122. The summed E-state index contributed by atoms with van der Waals surface area (Å²) in [5, 5.41) is 10.9. The monoisotopic (exact) mass is 274 g/mol. The highest BCUT2D eigenvalue weighted by atomic mass is 16.3. The van der Waals surface area contributed by atoms with E-state index in [0.29, 0.717) is 0 Å². The van der Waals surface area contributed by atoms with Gasteiger partial charge in [-0.1, -0.05) is 0 Å². The third kappa shape index (κ3) is 2.02. The second-order valence-electron chi connectivity index (χ2n) is 7.79. The van der Waals surface area contributed by atoms with Crippen LogP contribution in [0.25, 0.3) is 0 Å². The Morgan fingerprint density at radius 1 is 1.25 bits per heavy atom. The standard InChI is InChI=1S/C17H26N2O/c1-19-5-4-18-16(19)3-2-15(20)17-9-12-6-13(10-17)8-14(7-12)11-17/h4-5,12-15,20H,2-3,6-11H2,1H3. The highest BCUT2D eigenvalue weighted by Crippen LogP contribution is 2.61. The highest BCUT2D eigenvalue weighted by Gasteiger charge is 2.53. The van der Waals surface area contributed by atoms with Crippen LogP contribution in [-0.2, 0) is 13.5 Å². The van der Waals surface area contributed by atoms with Crippen molar-refractivity contribution in [3.05, 3.63) is 18.2 Å². The minimum absolute atomic E-state index is 0.118. The Kier molecular flexibility index (Phi) is 2.95. The molecule has 0 aromatic carbocycles. The summed E-state index contributed by atoms with van der Waals surface area (Å²) in [4.78, 5) is 4.39. The molecular weight excluding hydrogens is 248 g/mol. The number of aliphatic hydroxyl groups is 1. The van der Waals surface area contributed by atoms with Gasteiger partial charge in [0, 0.05) is 25.9 Å². The van der Waals surface area contributed by atoms with E-state index < -0.39 is 0 Å². The molecule has 4 aliphatic carbocycles. The number of rotatable bonds is 4. The molecule has 1 unspecified atom stereocenters. The second kappa shape index (κ2) is 4.59. The molecule has 20 heavy (non-hydrogen) atoms. The summed E-state index contributed by atoms with van der Waals surface area (Å²) in [5.41, 5.74) is 0.264. The van der Waals surface area contributed by atoms with Crippen molar-refractivity contribution in [3.8, 4) is 0 Å². The maximum Gasteiger partial charge on any atom is 0.108 e. The smallest absolute Gasteiger partial charge is 0.108 e. The average molecular weight is 274 g/mol. The minimum Gasteiger partial charge on any atom is -0.393 e. The predicted molar refractivity (Wildman–Crippen MR) is 78.1 cm³/mol. The molecule has 1 atom stereocenters. The molecule has 4 aliphatic rings. The fourth-order valence-corrected chi connectivity index (χ4v) is 5.80. The molecular formula is C17H26N2O. The van der Waals surface area contributed by atoms with Gasteiger partial charge in [-0.15, -0.1) is 0 Å². The lowest BCUT2D eigenvalue weighted by atomic mass is 9.48. The first-order valence-electron chi connectivity index (χ1n) is 8.29. The summed E-state index contributed by atoms with van der Waals surface area (Å²) in [5.74, 6) is 3.87. The van der Waals surface area contributed by atoms with E-state index in [0.717, 1.165) is 36.4 Å². The number of imidazole rings is 1. The van der Waals surface area contributed by atoms with E-state index in [9.17, 15) is 5.11 Å². The van der Waals surface area contributed by atoms with Crippen LogP contribution in [0, 0.1) is 23.2 Å². The van der Waals surface area contributed by atoms with Crippen LogP contribution < -0.4 is 0 Å². The molecule has 0 saturated heterocycles. The molecule has 1 heterocycles. The Hall–Kier alpha value is -0.830. The highest BCUT2D eigenvalue weighted by molar-refractivity contribution is 5.05. The van der Waals surface area contributed by atoms with E-state index in [1.54, 1.807) is 0 Å². The summed E-state index contributed by atoms with van der Waals surface area (Å²) in [6.07, 6.45) is 13.7. The number of nitrogens with zero attached hydrogens (tertiary/aromatic N) is 2. The molecule has 0 aliphatic heterocycles. The zero-order valence-corrected chi connectivity index (χ0v) is 12.5. The average Bonchev–Trinajstić information content (AvgIpc) is 2.80. The number of aromatic nitrogens is 2. The van der Waals surface area contributed by atoms with Crippen molar-refractivity contribution in [2.45, 2.75) is 57.5 Å². The topological polar surface area (TPSA) is 38.0 Å². The first kappa shape index (κ1) is 12.9. The maximum absolute atomic E-state index is 10.9. The molecule has 5 rings (SSSR count). The fourth-order valence-electron chi connectivity index (χ4n) is 5.80. The number of aryl methyl sites for hydroxylation is 2. The van der Waals surface area contributed by atoms with Crippen molar-refractivity contribution in [1.82, 2.24) is 9.55 Å². The van der Waals surface area contributed by atoms with E-state index in [2.05, 4.69) is 9.55 Å². The molecule has 0 radical (unpaired) electrons. The van der Waals surface area contributed by atoms with Gasteiger partial charge in [-0.05, 0) is 68.1 Å². The van der Waals surface area contributed by atoms with Crippen molar-refractivity contribution in [3.63, 3.8) is 0 Å². The summed E-state index contributed by atoms with van der Waals surface area (Å²) in [7, 11) is 2.04.